The van der Waals surface area contributed by atoms with E-state index in [1.54, 1.807) is 0 Å². The topological polar surface area (TPSA) is 30.5 Å². The van der Waals surface area contributed by atoms with Crippen molar-refractivity contribution in [2.75, 3.05) is 13.2 Å². The maximum absolute atomic E-state index is 6.02. The van der Waals surface area contributed by atoms with Gasteiger partial charge in [-0.3, -0.25) is 0 Å². The van der Waals surface area contributed by atoms with Gasteiger partial charge < -0.3 is 14.8 Å². The van der Waals surface area contributed by atoms with Crippen LogP contribution in [-0.2, 0) is 9.47 Å². The summed E-state index contributed by atoms with van der Waals surface area (Å²) in [4.78, 5) is 0. The molecule has 0 aromatic rings. The van der Waals surface area contributed by atoms with E-state index in [-0.39, 0.29) is 11.7 Å². The van der Waals surface area contributed by atoms with Gasteiger partial charge in [0.05, 0.1) is 24.4 Å². The third-order valence-corrected chi connectivity index (χ3v) is 3.13. The number of nitrogens with one attached hydrogen (secondary N) is 1. The molecule has 0 aromatic heterocycles. The van der Waals surface area contributed by atoms with E-state index in [1.165, 1.54) is 19.3 Å². The number of rotatable bonds is 2. The van der Waals surface area contributed by atoms with Gasteiger partial charge in [0.25, 0.3) is 0 Å². The van der Waals surface area contributed by atoms with Gasteiger partial charge in [-0.05, 0) is 40.0 Å². The van der Waals surface area contributed by atoms with Gasteiger partial charge >= 0.3 is 0 Å². The molecular formula is C12H23NO2. The molecule has 1 aliphatic carbocycles. The minimum Gasteiger partial charge on any atom is -0.373 e. The van der Waals surface area contributed by atoms with Crippen LogP contribution in [0, 0.1) is 0 Å². The van der Waals surface area contributed by atoms with Crippen molar-refractivity contribution in [1.82, 2.24) is 5.32 Å². The van der Waals surface area contributed by atoms with Crippen molar-refractivity contribution in [3.8, 4) is 0 Å². The van der Waals surface area contributed by atoms with Crippen LogP contribution in [-0.4, -0.2) is 37.0 Å². The van der Waals surface area contributed by atoms with Gasteiger partial charge in [0, 0.05) is 12.6 Å². The molecule has 0 spiro atoms. The first kappa shape index (κ1) is 11.4. The Morgan fingerprint density at radius 3 is 2.87 bits per heavy atom. The molecule has 2 rings (SSSR count). The van der Waals surface area contributed by atoms with E-state index in [0.717, 1.165) is 6.54 Å². The molecule has 1 saturated carbocycles. The highest BCUT2D eigenvalue weighted by molar-refractivity contribution is 4.89. The molecule has 1 saturated heterocycles. The van der Waals surface area contributed by atoms with E-state index < -0.39 is 0 Å². The first-order valence-corrected chi connectivity index (χ1v) is 6.07. The molecule has 2 fully saturated rings. The molecule has 88 valence electrons. The van der Waals surface area contributed by atoms with Crippen LogP contribution in [0.25, 0.3) is 0 Å². The lowest BCUT2D eigenvalue weighted by Gasteiger charge is -2.34. The third-order valence-electron chi connectivity index (χ3n) is 3.13. The van der Waals surface area contributed by atoms with Crippen LogP contribution in [0.2, 0.25) is 0 Å². The molecular weight excluding hydrogens is 190 g/mol. The Hall–Kier alpha value is -0.120. The summed E-state index contributed by atoms with van der Waals surface area (Å²) in [5.74, 6) is 0. The lowest BCUT2D eigenvalue weighted by Crippen LogP contribution is -2.51. The van der Waals surface area contributed by atoms with Gasteiger partial charge in [-0.1, -0.05) is 0 Å². The predicted molar refractivity (Wildman–Crippen MR) is 60.0 cm³/mol. The smallest absolute Gasteiger partial charge is 0.0937 e. The fourth-order valence-electron chi connectivity index (χ4n) is 2.34. The van der Waals surface area contributed by atoms with Gasteiger partial charge in [-0.25, -0.2) is 0 Å². The van der Waals surface area contributed by atoms with Gasteiger partial charge in [0.2, 0.25) is 0 Å². The first-order valence-electron chi connectivity index (χ1n) is 6.07. The molecule has 0 amide bonds. The van der Waals surface area contributed by atoms with E-state index in [4.69, 9.17) is 9.47 Å². The molecule has 0 bridgehead atoms. The standard InChI is InChI=1S/C12H23NO2/c1-12(2,3)14-8-9-7-13-10-5-4-6-11(10)15-9/h9-11,13H,4-8H2,1-3H3. The normalized spacial score (nSPS) is 36.6. The SMILES string of the molecule is CC(C)(C)OCC1CNC2CCCC2O1. The molecule has 2 aliphatic rings. The number of morpholine rings is 1. The van der Waals surface area contributed by atoms with Crippen LogP contribution in [0.5, 0.6) is 0 Å². The van der Waals surface area contributed by atoms with Crippen LogP contribution in [0.3, 0.4) is 0 Å². The fourth-order valence-corrected chi connectivity index (χ4v) is 2.34. The number of fused-ring (bicyclic) bond motifs is 1. The molecule has 1 N–H and O–H groups in total. The van der Waals surface area contributed by atoms with Crippen molar-refractivity contribution >= 4 is 0 Å². The van der Waals surface area contributed by atoms with E-state index >= 15 is 0 Å². The van der Waals surface area contributed by atoms with Gasteiger partial charge in [-0.2, -0.15) is 0 Å². The summed E-state index contributed by atoms with van der Waals surface area (Å²) in [7, 11) is 0. The molecule has 1 heterocycles. The highest BCUT2D eigenvalue weighted by Crippen LogP contribution is 2.26. The van der Waals surface area contributed by atoms with Crippen molar-refractivity contribution in [2.45, 2.75) is 63.9 Å². The molecule has 3 atom stereocenters. The minimum absolute atomic E-state index is 0.0596. The highest BCUT2D eigenvalue weighted by Gasteiger charge is 2.34. The zero-order chi connectivity index (χ0) is 10.9. The second-order valence-electron chi connectivity index (χ2n) is 5.67. The molecule has 3 nitrogen and oxygen atoms in total. The first-order chi connectivity index (χ1) is 7.04. The summed E-state index contributed by atoms with van der Waals surface area (Å²) in [6, 6.07) is 0.607. The predicted octanol–water partition coefficient (Wildman–Crippen LogP) is 1.71. The quantitative estimate of drug-likeness (QED) is 0.757. The summed E-state index contributed by atoms with van der Waals surface area (Å²) in [6.07, 6.45) is 4.46. The Bertz CT molecular complexity index is 212. The zero-order valence-electron chi connectivity index (χ0n) is 10.1. The van der Waals surface area contributed by atoms with Crippen LogP contribution in [0.15, 0.2) is 0 Å². The van der Waals surface area contributed by atoms with Crippen molar-refractivity contribution in [1.29, 1.82) is 0 Å². The fraction of sp³-hybridized carbons (Fsp3) is 1.00. The van der Waals surface area contributed by atoms with Crippen molar-refractivity contribution in [3.63, 3.8) is 0 Å². The second-order valence-corrected chi connectivity index (χ2v) is 5.67. The van der Waals surface area contributed by atoms with Gasteiger partial charge in [0.1, 0.15) is 0 Å². The summed E-state index contributed by atoms with van der Waals surface area (Å²) >= 11 is 0. The molecule has 0 aromatic carbocycles. The number of hydrogen-bond donors (Lipinski definition) is 1. The maximum atomic E-state index is 6.02. The van der Waals surface area contributed by atoms with Crippen LogP contribution < -0.4 is 5.32 Å². The average Bonchev–Trinajstić information content (AvgIpc) is 2.60. The lowest BCUT2D eigenvalue weighted by atomic mass is 10.1. The minimum atomic E-state index is -0.0596. The average molecular weight is 213 g/mol. The second kappa shape index (κ2) is 4.40. The van der Waals surface area contributed by atoms with Gasteiger partial charge in [-0.15, -0.1) is 0 Å². The molecule has 3 heteroatoms. The Morgan fingerprint density at radius 1 is 1.33 bits per heavy atom. The largest absolute Gasteiger partial charge is 0.373 e. The van der Waals surface area contributed by atoms with Crippen molar-refractivity contribution < 1.29 is 9.47 Å². The molecule has 0 radical (unpaired) electrons. The monoisotopic (exact) mass is 213 g/mol. The third kappa shape index (κ3) is 3.16. The maximum Gasteiger partial charge on any atom is 0.0937 e. The molecule has 15 heavy (non-hydrogen) atoms. The Labute approximate surface area is 92.5 Å². The summed E-state index contributed by atoms with van der Waals surface area (Å²) < 4.78 is 11.8. The summed E-state index contributed by atoms with van der Waals surface area (Å²) in [5.41, 5.74) is -0.0596. The van der Waals surface area contributed by atoms with E-state index in [0.29, 0.717) is 18.8 Å². The molecule has 1 aliphatic heterocycles. The number of hydrogen-bond acceptors (Lipinski definition) is 3. The van der Waals surface area contributed by atoms with Crippen molar-refractivity contribution in [2.24, 2.45) is 0 Å². The van der Waals surface area contributed by atoms with E-state index in [2.05, 4.69) is 26.1 Å². The van der Waals surface area contributed by atoms with E-state index in [9.17, 15) is 0 Å². The Balaban J connectivity index is 1.75. The molecule has 3 unspecified atom stereocenters. The summed E-state index contributed by atoms with van der Waals surface area (Å²) in [5, 5.41) is 3.56. The van der Waals surface area contributed by atoms with Gasteiger partial charge in [0.15, 0.2) is 0 Å². The van der Waals surface area contributed by atoms with Crippen LogP contribution in [0.4, 0.5) is 0 Å². The van der Waals surface area contributed by atoms with Crippen molar-refractivity contribution in [3.05, 3.63) is 0 Å². The zero-order valence-corrected chi connectivity index (χ0v) is 10.1. The Kier molecular flexibility index (Phi) is 3.33. The summed E-state index contributed by atoms with van der Waals surface area (Å²) in [6.45, 7) is 7.90. The van der Waals surface area contributed by atoms with Crippen LogP contribution >= 0.6 is 0 Å². The number of ether oxygens (including phenoxy) is 2. The highest BCUT2D eigenvalue weighted by atomic mass is 16.6. The Morgan fingerprint density at radius 2 is 2.13 bits per heavy atom. The lowest BCUT2D eigenvalue weighted by molar-refractivity contribution is -0.114. The van der Waals surface area contributed by atoms with Crippen LogP contribution in [0.1, 0.15) is 40.0 Å². The van der Waals surface area contributed by atoms with E-state index in [1.807, 2.05) is 0 Å².